The van der Waals surface area contributed by atoms with Crippen LogP contribution in [0.3, 0.4) is 0 Å². The number of nitrogens with one attached hydrogen (secondary N) is 2. The van der Waals surface area contributed by atoms with Gasteiger partial charge in [-0.05, 0) is 44.0 Å². The highest BCUT2D eigenvalue weighted by Crippen LogP contribution is 2.24. The topological polar surface area (TPSA) is 49.8 Å². The van der Waals surface area contributed by atoms with Crippen LogP contribution in [-0.2, 0) is 0 Å². The van der Waals surface area contributed by atoms with E-state index in [1.165, 1.54) is 25.7 Å². The molecule has 5 heteroatoms. The Morgan fingerprint density at radius 1 is 1.05 bits per heavy atom. The molecular formula is C16H19BrN4. The van der Waals surface area contributed by atoms with Gasteiger partial charge in [-0.15, -0.1) is 0 Å². The predicted molar refractivity (Wildman–Crippen MR) is 90.1 cm³/mol. The molecule has 0 atom stereocenters. The van der Waals surface area contributed by atoms with Crippen molar-refractivity contribution < 1.29 is 0 Å². The molecule has 0 aliphatic heterocycles. The van der Waals surface area contributed by atoms with Crippen molar-refractivity contribution in [1.82, 2.24) is 9.97 Å². The van der Waals surface area contributed by atoms with Crippen molar-refractivity contribution in [1.29, 1.82) is 0 Å². The Morgan fingerprint density at radius 2 is 1.71 bits per heavy atom. The SMILES string of the molecule is Cc1nc(Nc2ccc(Br)cc2)cc(NC2CCCC2)n1. The van der Waals surface area contributed by atoms with Crippen molar-refractivity contribution >= 4 is 33.3 Å². The number of aryl methyl sites for hydroxylation is 1. The zero-order chi connectivity index (χ0) is 14.7. The van der Waals surface area contributed by atoms with E-state index in [9.17, 15) is 0 Å². The van der Waals surface area contributed by atoms with E-state index in [1.54, 1.807) is 0 Å². The predicted octanol–water partition coefficient (Wildman–Crippen LogP) is 4.65. The van der Waals surface area contributed by atoms with Crippen LogP contribution in [0.15, 0.2) is 34.8 Å². The first-order valence-corrected chi connectivity index (χ1v) is 8.13. The van der Waals surface area contributed by atoms with Crippen LogP contribution in [0.25, 0.3) is 0 Å². The molecule has 2 aromatic rings. The first-order chi connectivity index (χ1) is 10.2. The smallest absolute Gasteiger partial charge is 0.136 e. The third kappa shape index (κ3) is 3.94. The molecule has 1 aromatic carbocycles. The quantitative estimate of drug-likeness (QED) is 0.846. The number of halogens is 1. The summed E-state index contributed by atoms with van der Waals surface area (Å²) in [5, 5.41) is 6.84. The lowest BCUT2D eigenvalue weighted by Crippen LogP contribution is -2.16. The van der Waals surface area contributed by atoms with Gasteiger partial charge in [0.1, 0.15) is 17.5 Å². The highest BCUT2D eigenvalue weighted by atomic mass is 79.9. The van der Waals surface area contributed by atoms with Crippen LogP contribution < -0.4 is 10.6 Å². The normalized spacial score (nSPS) is 15.1. The fourth-order valence-electron chi connectivity index (χ4n) is 2.67. The summed E-state index contributed by atoms with van der Waals surface area (Å²) >= 11 is 3.44. The van der Waals surface area contributed by atoms with Crippen molar-refractivity contribution in [2.24, 2.45) is 0 Å². The average Bonchev–Trinajstić information content (AvgIpc) is 2.93. The van der Waals surface area contributed by atoms with Gasteiger partial charge in [0.25, 0.3) is 0 Å². The Balaban J connectivity index is 1.75. The summed E-state index contributed by atoms with van der Waals surface area (Å²) in [5.41, 5.74) is 1.02. The van der Waals surface area contributed by atoms with E-state index in [0.717, 1.165) is 27.6 Å². The maximum Gasteiger partial charge on any atom is 0.136 e. The van der Waals surface area contributed by atoms with Gasteiger partial charge >= 0.3 is 0 Å². The molecule has 4 nitrogen and oxygen atoms in total. The zero-order valence-corrected chi connectivity index (χ0v) is 13.7. The van der Waals surface area contributed by atoms with Gasteiger partial charge < -0.3 is 10.6 Å². The molecular weight excluding hydrogens is 328 g/mol. The highest BCUT2D eigenvalue weighted by molar-refractivity contribution is 9.10. The standard InChI is InChI=1S/C16H19BrN4/c1-11-18-15(20-13-4-2-3-5-13)10-16(19-11)21-14-8-6-12(17)7-9-14/h6-10,13H,2-5H2,1H3,(H2,18,19,20,21). The van der Waals surface area contributed by atoms with Crippen molar-refractivity contribution in [3.63, 3.8) is 0 Å². The van der Waals surface area contributed by atoms with Crippen molar-refractivity contribution in [2.75, 3.05) is 10.6 Å². The first kappa shape index (κ1) is 14.3. The summed E-state index contributed by atoms with van der Waals surface area (Å²) in [6, 6.07) is 10.6. The molecule has 0 unspecified atom stereocenters. The number of benzene rings is 1. The number of nitrogens with zero attached hydrogens (tertiary/aromatic N) is 2. The Kier molecular flexibility index (Phi) is 4.39. The molecule has 0 bridgehead atoms. The number of anilines is 3. The number of rotatable bonds is 4. The largest absolute Gasteiger partial charge is 0.367 e. The second kappa shape index (κ2) is 6.43. The second-order valence-corrected chi connectivity index (χ2v) is 6.36. The summed E-state index contributed by atoms with van der Waals surface area (Å²) in [4.78, 5) is 8.94. The van der Waals surface area contributed by atoms with E-state index in [4.69, 9.17) is 0 Å². The van der Waals surface area contributed by atoms with E-state index in [1.807, 2.05) is 37.3 Å². The minimum absolute atomic E-state index is 0.555. The molecule has 1 heterocycles. The molecule has 0 saturated heterocycles. The fraction of sp³-hybridized carbons (Fsp3) is 0.375. The Bertz CT molecular complexity index is 606. The summed E-state index contributed by atoms with van der Waals surface area (Å²) in [5.74, 6) is 2.51. The molecule has 1 aliphatic rings. The summed E-state index contributed by atoms with van der Waals surface area (Å²) in [6.45, 7) is 1.92. The third-order valence-corrected chi connectivity index (χ3v) is 4.19. The van der Waals surface area contributed by atoms with E-state index in [-0.39, 0.29) is 0 Å². The van der Waals surface area contributed by atoms with Gasteiger partial charge in [0.05, 0.1) is 0 Å². The fourth-order valence-corrected chi connectivity index (χ4v) is 2.93. The van der Waals surface area contributed by atoms with Gasteiger partial charge in [0, 0.05) is 22.3 Å². The van der Waals surface area contributed by atoms with Crippen LogP contribution >= 0.6 is 15.9 Å². The van der Waals surface area contributed by atoms with Gasteiger partial charge in [-0.3, -0.25) is 0 Å². The maximum atomic E-state index is 4.48. The van der Waals surface area contributed by atoms with Crippen molar-refractivity contribution in [2.45, 2.75) is 38.6 Å². The maximum absolute atomic E-state index is 4.48. The number of hydrogen-bond acceptors (Lipinski definition) is 4. The highest BCUT2D eigenvalue weighted by Gasteiger charge is 2.15. The van der Waals surface area contributed by atoms with E-state index in [0.29, 0.717) is 6.04 Å². The molecule has 1 aromatic heterocycles. The molecule has 1 aliphatic carbocycles. The third-order valence-electron chi connectivity index (χ3n) is 3.66. The van der Waals surface area contributed by atoms with Gasteiger partial charge in [0.2, 0.25) is 0 Å². The molecule has 21 heavy (non-hydrogen) atoms. The van der Waals surface area contributed by atoms with Crippen LogP contribution in [-0.4, -0.2) is 16.0 Å². The molecule has 110 valence electrons. The minimum Gasteiger partial charge on any atom is -0.367 e. The second-order valence-electron chi connectivity index (χ2n) is 5.44. The molecule has 1 saturated carbocycles. The zero-order valence-electron chi connectivity index (χ0n) is 12.1. The molecule has 0 spiro atoms. The van der Waals surface area contributed by atoms with E-state index >= 15 is 0 Å². The first-order valence-electron chi connectivity index (χ1n) is 7.34. The molecule has 1 fully saturated rings. The van der Waals surface area contributed by atoms with Crippen LogP contribution in [0.2, 0.25) is 0 Å². The van der Waals surface area contributed by atoms with Gasteiger partial charge in [-0.25, -0.2) is 9.97 Å². The average molecular weight is 347 g/mol. The number of aromatic nitrogens is 2. The van der Waals surface area contributed by atoms with Gasteiger partial charge in [-0.1, -0.05) is 28.8 Å². The molecule has 0 amide bonds. The monoisotopic (exact) mass is 346 g/mol. The van der Waals surface area contributed by atoms with Gasteiger partial charge in [0.15, 0.2) is 0 Å². The van der Waals surface area contributed by atoms with Gasteiger partial charge in [-0.2, -0.15) is 0 Å². The van der Waals surface area contributed by atoms with Crippen LogP contribution in [0.4, 0.5) is 17.3 Å². The summed E-state index contributed by atoms with van der Waals surface area (Å²) in [7, 11) is 0. The molecule has 2 N–H and O–H groups in total. The van der Waals surface area contributed by atoms with E-state index < -0.39 is 0 Å². The Hall–Kier alpha value is -1.62. The minimum atomic E-state index is 0.555. The Morgan fingerprint density at radius 3 is 2.43 bits per heavy atom. The lowest BCUT2D eigenvalue weighted by atomic mass is 10.2. The summed E-state index contributed by atoms with van der Waals surface area (Å²) in [6.07, 6.45) is 5.09. The van der Waals surface area contributed by atoms with Crippen LogP contribution in [0.1, 0.15) is 31.5 Å². The van der Waals surface area contributed by atoms with Crippen LogP contribution in [0.5, 0.6) is 0 Å². The van der Waals surface area contributed by atoms with Crippen molar-refractivity contribution in [3.05, 3.63) is 40.6 Å². The lowest BCUT2D eigenvalue weighted by Gasteiger charge is -2.14. The lowest BCUT2D eigenvalue weighted by molar-refractivity contribution is 0.748. The Labute approximate surface area is 133 Å². The van der Waals surface area contributed by atoms with E-state index in [2.05, 4.69) is 36.5 Å². The van der Waals surface area contributed by atoms with Crippen molar-refractivity contribution in [3.8, 4) is 0 Å². The summed E-state index contributed by atoms with van der Waals surface area (Å²) < 4.78 is 1.07. The van der Waals surface area contributed by atoms with Crippen LogP contribution in [0, 0.1) is 6.92 Å². The molecule has 3 rings (SSSR count). The molecule has 0 radical (unpaired) electrons. The number of hydrogen-bond donors (Lipinski definition) is 2.